The molecule has 0 aromatic heterocycles. The molecule has 168 valence electrons. The molecule has 0 heterocycles. The van der Waals surface area contributed by atoms with Crippen LogP contribution in [0, 0.1) is 6.92 Å². The number of carbonyl (C=O) groups is 2. The molecule has 0 unspecified atom stereocenters. The van der Waals surface area contributed by atoms with Crippen molar-refractivity contribution >= 4 is 11.8 Å². The SMILES string of the molecule is CCNC(=O)[C@H](CC)N(Cc1ccccc1C)C(=O)COc1cc(OC)cc(OC)c1. The lowest BCUT2D eigenvalue weighted by atomic mass is 10.1. The number of rotatable bonds is 11. The summed E-state index contributed by atoms with van der Waals surface area (Å²) in [6, 6.07) is 12.3. The Hall–Kier alpha value is -3.22. The van der Waals surface area contributed by atoms with Crippen molar-refractivity contribution in [2.24, 2.45) is 0 Å². The van der Waals surface area contributed by atoms with Gasteiger partial charge in [0.25, 0.3) is 5.91 Å². The van der Waals surface area contributed by atoms with E-state index in [0.29, 0.717) is 36.8 Å². The van der Waals surface area contributed by atoms with Crippen molar-refractivity contribution in [1.29, 1.82) is 0 Å². The average Bonchev–Trinajstić information content (AvgIpc) is 2.78. The molecule has 0 aliphatic rings. The van der Waals surface area contributed by atoms with Gasteiger partial charge in [0.05, 0.1) is 14.2 Å². The summed E-state index contributed by atoms with van der Waals surface area (Å²) in [6.07, 6.45) is 0.496. The van der Waals surface area contributed by atoms with E-state index in [4.69, 9.17) is 14.2 Å². The van der Waals surface area contributed by atoms with Crippen molar-refractivity contribution in [3.05, 3.63) is 53.6 Å². The normalized spacial score (nSPS) is 11.4. The van der Waals surface area contributed by atoms with Crippen LogP contribution in [-0.4, -0.2) is 50.1 Å². The summed E-state index contributed by atoms with van der Waals surface area (Å²) in [6.45, 7) is 6.36. The second kappa shape index (κ2) is 11.8. The third kappa shape index (κ3) is 6.64. The zero-order valence-electron chi connectivity index (χ0n) is 18.9. The van der Waals surface area contributed by atoms with Crippen LogP contribution in [0.3, 0.4) is 0 Å². The highest BCUT2D eigenvalue weighted by molar-refractivity contribution is 5.88. The van der Waals surface area contributed by atoms with Crippen molar-refractivity contribution < 1.29 is 23.8 Å². The van der Waals surface area contributed by atoms with Crippen LogP contribution in [0.25, 0.3) is 0 Å². The molecule has 0 spiro atoms. The van der Waals surface area contributed by atoms with E-state index in [0.717, 1.165) is 11.1 Å². The van der Waals surface area contributed by atoms with E-state index in [9.17, 15) is 9.59 Å². The van der Waals surface area contributed by atoms with Crippen LogP contribution in [0.5, 0.6) is 17.2 Å². The van der Waals surface area contributed by atoms with Crippen LogP contribution in [0.1, 0.15) is 31.4 Å². The fraction of sp³-hybridized carbons (Fsp3) is 0.417. The van der Waals surface area contributed by atoms with Gasteiger partial charge in [0.2, 0.25) is 5.91 Å². The summed E-state index contributed by atoms with van der Waals surface area (Å²) in [4.78, 5) is 27.5. The molecule has 0 radical (unpaired) electrons. The van der Waals surface area contributed by atoms with Crippen LogP contribution >= 0.6 is 0 Å². The first kappa shape index (κ1) is 24.1. The number of aryl methyl sites for hydroxylation is 1. The van der Waals surface area contributed by atoms with E-state index in [-0.39, 0.29) is 18.4 Å². The number of likely N-dealkylation sites (N-methyl/N-ethyl adjacent to an activating group) is 1. The maximum atomic E-state index is 13.2. The van der Waals surface area contributed by atoms with Gasteiger partial charge in [0.1, 0.15) is 23.3 Å². The van der Waals surface area contributed by atoms with Gasteiger partial charge >= 0.3 is 0 Å². The second-order valence-electron chi connectivity index (χ2n) is 7.10. The molecule has 2 aromatic carbocycles. The maximum Gasteiger partial charge on any atom is 0.261 e. The van der Waals surface area contributed by atoms with E-state index >= 15 is 0 Å². The van der Waals surface area contributed by atoms with Gasteiger partial charge in [-0.2, -0.15) is 0 Å². The number of amides is 2. The quantitative estimate of drug-likeness (QED) is 0.594. The highest BCUT2D eigenvalue weighted by atomic mass is 16.5. The first-order valence-electron chi connectivity index (χ1n) is 10.4. The van der Waals surface area contributed by atoms with Crippen molar-refractivity contribution in [2.45, 2.75) is 39.8 Å². The van der Waals surface area contributed by atoms with Gasteiger partial charge in [-0.15, -0.1) is 0 Å². The number of benzene rings is 2. The molecule has 0 aliphatic heterocycles. The van der Waals surface area contributed by atoms with E-state index in [2.05, 4.69) is 5.32 Å². The Morgan fingerprint density at radius 1 is 1.00 bits per heavy atom. The molecule has 1 atom stereocenters. The topological polar surface area (TPSA) is 77.1 Å². The van der Waals surface area contributed by atoms with Gasteiger partial charge < -0.3 is 24.4 Å². The van der Waals surface area contributed by atoms with Crippen LogP contribution in [0.2, 0.25) is 0 Å². The molecular weight excluding hydrogens is 396 g/mol. The van der Waals surface area contributed by atoms with Crippen molar-refractivity contribution in [3.8, 4) is 17.2 Å². The molecule has 2 aromatic rings. The minimum Gasteiger partial charge on any atom is -0.496 e. The summed E-state index contributed by atoms with van der Waals surface area (Å²) in [7, 11) is 3.09. The standard InChI is InChI=1S/C24H32N2O5/c1-6-22(24(28)25-7-2)26(15-18-11-9-8-10-17(18)3)23(27)16-31-21-13-19(29-4)12-20(14-21)30-5/h8-14,22H,6-7,15-16H2,1-5H3,(H,25,28)/t22-/m0/s1. The molecule has 7 heteroatoms. The van der Waals surface area contributed by atoms with Crippen molar-refractivity contribution in [1.82, 2.24) is 10.2 Å². The lowest BCUT2D eigenvalue weighted by Crippen LogP contribution is -2.50. The monoisotopic (exact) mass is 428 g/mol. The highest BCUT2D eigenvalue weighted by Crippen LogP contribution is 2.27. The predicted molar refractivity (Wildman–Crippen MR) is 120 cm³/mol. The third-order valence-electron chi connectivity index (χ3n) is 5.03. The van der Waals surface area contributed by atoms with Gasteiger partial charge in [0.15, 0.2) is 6.61 Å². The number of ether oxygens (including phenoxy) is 3. The van der Waals surface area contributed by atoms with Gasteiger partial charge in [-0.25, -0.2) is 0 Å². The smallest absolute Gasteiger partial charge is 0.261 e. The maximum absolute atomic E-state index is 13.2. The molecule has 0 aliphatic carbocycles. The Balaban J connectivity index is 2.25. The zero-order chi connectivity index (χ0) is 22.8. The number of hydrogen-bond donors (Lipinski definition) is 1. The van der Waals surface area contributed by atoms with E-state index in [1.54, 1.807) is 37.3 Å². The van der Waals surface area contributed by atoms with Crippen LogP contribution in [-0.2, 0) is 16.1 Å². The molecule has 1 N–H and O–H groups in total. The first-order valence-corrected chi connectivity index (χ1v) is 10.4. The molecule has 31 heavy (non-hydrogen) atoms. The fourth-order valence-electron chi connectivity index (χ4n) is 3.28. The lowest BCUT2D eigenvalue weighted by molar-refractivity contribution is -0.142. The minimum atomic E-state index is -0.587. The molecule has 2 amide bonds. The molecular formula is C24H32N2O5. The molecule has 0 bridgehead atoms. The molecule has 7 nitrogen and oxygen atoms in total. The molecule has 2 rings (SSSR count). The average molecular weight is 429 g/mol. The largest absolute Gasteiger partial charge is 0.496 e. The molecule has 0 fully saturated rings. The summed E-state index contributed by atoms with van der Waals surface area (Å²) in [5.74, 6) is 1.13. The minimum absolute atomic E-state index is 0.171. The Kier molecular flexibility index (Phi) is 9.18. The zero-order valence-corrected chi connectivity index (χ0v) is 18.9. The van der Waals surface area contributed by atoms with Gasteiger partial charge in [-0.1, -0.05) is 31.2 Å². The van der Waals surface area contributed by atoms with Gasteiger partial charge in [-0.3, -0.25) is 9.59 Å². The molecule has 0 saturated heterocycles. The highest BCUT2D eigenvalue weighted by Gasteiger charge is 2.29. The van der Waals surface area contributed by atoms with Gasteiger partial charge in [-0.05, 0) is 31.4 Å². The van der Waals surface area contributed by atoms with Gasteiger partial charge in [0, 0.05) is 31.3 Å². The number of nitrogens with one attached hydrogen (secondary N) is 1. The summed E-state index contributed by atoms with van der Waals surface area (Å²) < 4.78 is 16.3. The van der Waals surface area contributed by atoms with Crippen LogP contribution in [0.4, 0.5) is 0 Å². The van der Waals surface area contributed by atoms with E-state index in [1.165, 1.54) is 0 Å². The Bertz CT molecular complexity index is 862. The van der Waals surface area contributed by atoms with Crippen molar-refractivity contribution in [3.63, 3.8) is 0 Å². The third-order valence-corrected chi connectivity index (χ3v) is 5.03. The Morgan fingerprint density at radius 3 is 2.16 bits per heavy atom. The van der Waals surface area contributed by atoms with E-state index in [1.807, 2.05) is 45.0 Å². The first-order chi connectivity index (χ1) is 14.9. The number of hydrogen-bond acceptors (Lipinski definition) is 5. The second-order valence-corrected chi connectivity index (χ2v) is 7.10. The Morgan fingerprint density at radius 2 is 1.61 bits per heavy atom. The number of carbonyl (C=O) groups excluding carboxylic acids is 2. The van der Waals surface area contributed by atoms with Crippen molar-refractivity contribution in [2.75, 3.05) is 27.4 Å². The number of methoxy groups -OCH3 is 2. The summed E-state index contributed by atoms with van der Waals surface area (Å²) in [5.41, 5.74) is 2.05. The summed E-state index contributed by atoms with van der Waals surface area (Å²) in [5, 5.41) is 2.83. The van der Waals surface area contributed by atoms with E-state index < -0.39 is 6.04 Å². The predicted octanol–water partition coefficient (Wildman–Crippen LogP) is 3.33. The Labute approximate surface area is 184 Å². The van der Waals surface area contributed by atoms with Crippen LogP contribution in [0.15, 0.2) is 42.5 Å². The van der Waals surface area contributed by atoms with Crippen LogP contribution < -0.4 is 19.5 Å². The fourth-order valence-corrected chi connectivity index (χ4v) is 3.28. The number of nitrogens with zero attached hydrogens (tertiary/aromatic N) is 1. The molecule has 0 saturated carbocycles. The lowest BCUT2D eigenvalue weighted by Gasteiger charge is -2.31. The summed E-state index contributed by atoms with van der Waals surface area (Å²) >= 11 is 0.